The maximum atomic E-state index is 5.05. The largest absolute Gasteiger partial charge is 0.444 e. The van der Waals surface area contributed by atoms with Crippen LogP contribution in [0.1, 0.15) is 6.92 Å². The SMILES string of the molecule is C=NC(=C)O/C(C)=C/C=NC. The van der Waals surface area contributed by atoms with Gasteiger partial charge in [0.05, 0.1) is 0 Å². The molecular formula is C8H12N2O. The third-order valence-electron chi connectivity index (χ3n) is 0.913. The summed E-state index contributed by atoms with van der Waals surface area (Å²) in [5.41, 5.74) is 0. The minimum Gasteiger partial charge on any atom is -0.444 e. The van der Waals surface area contributed by atoms with Gasteiger partial charge < -0.3 is 4.74 Å². The first-order valence-corrected chi connectivity index (χ1v) is 3.13. The second-order valence-electron chi connectivity index (χ2n) is 1.84. The van der Waals surface area contributed by atoms with E-state index in [0.29, 0.717) is 11.6 Å². The number of hydrogen-bond acceptors (Lipinski definition) is 3. The van der Waals surface area contributed by atoms with E-state index in [1.54, 1.807) is 26.3 Å². The Morgan fingerprint density at radius 1 is 1.55 bits per heavy atom. The Kier molecular flexibility index (Phi) is 4.73. The minimum absolute atomic E-state index is 0.295. The van der Waals surface area contributed by atoms with Gasteiger partial charge in [-0.15, -0.1) is 0 Å². The van der Waals surface area contributed by atoms with Crippen molar-refractivity contribution in [2.45, 2.75) is 6.92 Å². The summed E-state index contributed by atoms with van der Waals surface area (Å²) in [6.45, 7) is 8.53. The summed E-state index contributed by atoms with van der Waals surface area (Å²) >= 11 is 0. The summed E-state index contributed by atoms with van der Waals surface area (Å²) < 4.78 is 5.05. The van der Waals surface area contributed by atoms with Crippen molar-refractivity contribution in [3.05, 3.63) is 24.3 Å². The summed E-state index contributed by atoms with van der Waals surface area (Å²) in [7, 11) is 1.68. The fourth-order valence-electron chi connectivity index (χ4n) is 0.432. The Bertz CT molecular complexity index is 204. The zero-order chi connectivity index (χ0) is 8.69. The minimum atomic E-state index is 0.295. The molecule has 0 heterocycles. The molecule has 0 spiro atoms. The van der Waals surface area contributed by atoms with Gasteiger partial charge in [0, 0.05) is 13.3 Å². The van der Waals surface area contributed by atoms with Crippen LogP contribution < -0.4 is 0 Å². The van der Waals surface area contributed by atoms with Crippen LogP contribution >= 0.6 is 0 Å². The molecular weight excluding hydrogens is 140 g/mol. The monoisotopic (exact) mass is 152 g/mol. The molecule has 0 aliphatic heterocycles. The van der Waals surface area contributed by atoms with Crippen LogP contribution in [-0.2, 0) is 4.74 Å². The van der Waals surface area contributed by atoms with Crippen molar-refractivity contribution in [3.63, 3.8) is 0 Å². The van der Waals surface area contributed by atoms with E-state index in [2.05, 4.69) is 23.3 Å². The molecule has 0 aromatic carbocycles. The zero-order valence-electron chi connectivity index (χ0n) is 6.87. The van der Waals surface area contributed by atoms with Gasteiger partial charge in [-0.05, 0) is 26.3 Å². The third kappa shape index (κ3) is 5.08. The molecule has 0 bridgehead atoms. The van der Waals surface area contributed by atoms with Crippen LogP contribution in [0.15, 0.2) is 34.3 Å². The van der Waals surface area contributed by atoms with E-state index in [1.807, 2.05) is 0 Å². The van der Waals surface area contributed by atoms with Crippen LogP contribution in [0.25, 0.3) is 0 Å². The van der Waals surface area contributed by atoms with Gasteiger partial charge in [-0.3, -0.25) is 4.99 Å². The summed E-state index contributed by atoms with van der Waals surface area (Å²) in [4.78, 5) is 7.24. The number of hydrogen-bond donors (Lipinski definition) is 0. The predicted molar refractivity (Wildman–Crippen MR) is 47.9 cm³/mol. The van der Waals surface area contributed by atoms with Crippen LogP contribution in [-0.4, -0.2) is 20.0 Å². The van der Waals surface area contributed by atoms with Crippen LogP contribution in [0.3, 0.4) is 0 Å². The van der Waals surface area contributed by atoms with Crippen molar-refractivity contribution >= 4 is 12.9 Å². The second-order valence-corrected chi connectivity index (χ2v) is 1.84. The van der Waals surface area contributed by atoms with Gasteiger partial charge in [-0.1, -0.05) is 0 Å². The smallest absolute Gasteiger partial charge is 0.210 e. The lowest BCUT2D eigenvalue weighted by molar-refractivity contribution is 0.307. The summed E-state index contributed by atoms with van der Waals surface area (Å²) in [6.07, 6.45) is 3.35. The Morgan fingerprint density at radius 2 is 2.18 bits per heavy atom. The molecule has 0 atom stereocenters. The molecule has 0 saturated carbocycles. The van der Waals surface area contributed by atoms with Gasteiger partial charge in [0.2, 0.25) is 5.88 Å². The van der Waals surface area contributed by atoms with Gasteiger partial charge in [0.15, 0.2) is 0 Å². The van der Waals surface area contributed by atoms with Gasteiger partial charge in [-0.2, -0.15) is 0 Å². The number of rotatable bonds is 4. The predicted octanol–water partition coefficient (Wildman–Crippen LogP) is 1.78. The molecule has 0 fully saturated rings. The van der Waals surface area contributed by atoms with Crippen molar-refractivity contribution in [1.29, 1.82) is 0 Å². The third-order valence-corrected chi connectivity index (χ3v) is 0.913. The number of nitrogens with zero attached hydrogens (tertiary/aromatic N) is 2. The van der Waals surface area contributed by atoms with Crippen LogP contribution in [0.5, 0.6) is 0 Å². The van der Waals surface area contributed by atoms with Crippen molar-refractivity contribution in [3.8, 4) is 0 Å². The van der Waals surface area contributed by atoms with Crippen molar-refractivity contribution < 1.29 is 4.74 Å². The molecule has 0 rings (SSSR count). The highest BCUT2D eigenvalue weighted by Gasteiger charge is 1.89. The van der Waals surface area contributed by atoms with Gasteiger partial charge >= 0.3 is 0 Å². The van der Waals surface area contributed by atoms with Crippen molar-refractivity contribution in [1.82, 2.24) is 0 Å². The van der Waals surface area contributed by atoms with E-state index >= 15 is 0 Å². The molecule has 3 heteroatoms. The Hall–Kier alpha value is -1.38. The average Bonchev–Trinajstić information content (AvgIpc) is 2.00. The molecule has 0 aliphatic carbocycles. The molecule has 0 aromatic rings. The molecule has 0 aromatic heterocycles. The molecule has 11 heavy (non-hydrogen) atoms. The molecule has 0 saturated heterocycles. The van der Waals surface area contributed by atoms with E-state index in [9.17, 15) is 0 Å². The van der Waals surface area contributed by atoms with E-state index in [1.165, 1.54) is 0 Å². The number of ether oxygens (including phenoxy) is 1. The van der Waals surface area contributed by atoms with E-state index in [4.69, 9.17) is 4.74 Å². The van der Waals surface area contributed by atoms with Gasteiger partial charge in [-0.25, -0.2) is 4.99 Å². The van der Waals surface area contributed by atoms with Gasteiger partial charge in [0.25, 0.3) is 0 Å². The Labute approximate surface area is 66.8 Å². The lowest BCUT2D eigenvalue weighted by atomic mass is 10.5. The molecule has 60 valence electrons. The lowest BCUT2D eigenvalue weighted by Crippen LogP contribution is -1.85. The molecule has 3 nitrogen and oxygen atoms in total. The quantitative estimate of drug-likeness (QED) is 0.446. The molecule has 0 aliphatic rings. The summed E-state index contributed by atoms with van der Waals surface area (Å²) in [5, 5.41) is 0. The van der Waals surface area contributed by atoms with Crippen LogP contribution in [0.4, 0.5) is 0 Å². The van der Waals surface area contributed by atoms with E-state index in [0.717, 1.165) is 0 Å². The van der Waals surface area contributed by atoms with Crippen LogP contribution in [0.2, 0.25) is 0 Å². The summed E-state index contributed by atoms with van der Waals surface area (Å²) in [5.74, 6) is 0.983. The first-order valence-electron chi connectivity index (χ1n) is 3.13. The number of allylic oxidation sites excluding steroid dienone is 2. The Balaban J connectivity index is 3.95. The van der Waals surface area contributed by atoms with Crippen molar-refractivity contribution in [2.24, 2.45) is 9.98 Å². The molecule has 0 unspecified atom stereocenters. The highest BCUT2D eigenvalue weighted by molar-refractivity contribution is 5.71. The molecule has 0 radical (unpaired) electrons. The first kappa shape index (κ1) is 9.62. The lowest BCUT2D eigenvalue weighted by Gasteiger charge is -2.01. The van der Waals surface area contributed by atoms with Crippen LogP contribution in [0, 0.1) is 0 Å². The molecule has 0 N–H and O–H groups in total. The van der Waals surface area contributed by atoms with E-state index in [-0.39, 0.29) is 0 Å². The second kappa shape index (κ2) is 5.41. The highest BCUT2D eigenvalue weighted by Crippen LogP contribution is 2.02. The maximum Gasteiger partial charge on any atom is 0.210 e. The van der Waals surface area contributed by atoms with Crippen molar-refractivity contribution in [2.75, 3.05) is 7.05 Å². The fraction of sp³-hybridized carbons (Fsp3) is 0.250. The first-order chi connectivity index (χ1) is 5.20. The maximum absolute atomic E-state index is 5.05. The van der Waals surface area contributed by atoms with E-state index < -0.39 is 0 Å². The average molecular weight is 152 g/mol. The standard InChI is InChI=1S/C8H12N2O/c1-7(5-6-9-3)11-8(2)10-4/h5-6H,2,4H2,1,3H3/b7-5+,9-6?. The molecule has 0 amide bonds. The highest BCUT2D eigenvalue weighted by atomic mass is 16.5. The number of aliphatic imine (C=N–C) groups is 2. The Morgan fingerprint density at radius 3 is 2.64 bits per heavy atom. The zero-order valence-corrected chi connectivity index (χ0v) is 6.87. The topological polar surface area (TPSA) is 34.0 Å². The fourth-order valence-corrected chi connectivity index (χ4v) is 0.432. The normalized spacial score (nSPS) is 11.6. The van der Waals surface area contributed by atoms with Gasteiger partial charge in [0.1, 0.15) is 5.76 Å². The summed E-state index contributed by atoms with van der Waals surface area (Å²) in [6, 6.07) is 0.